The van der Waals surface area contributed by atoms with Crippen LogP contribution in [0.3, 0.4) is 0 Å². The summed E-state index contributed by atoms with van der Waals surface area (Å²) in [5.74, 6) is 1.35. The number of aryl methyl sites for hydroxylation is 2. The summed E-state index contributed by atoms with van der Waals surface area (Å²) < 4.78 is 5.23. The summed E-state index contributed by atoms with van der Waals surface area (Å²) in [5, 5.41) is 3.76. The van der Waals surface area contributed by atoms with Gasteiger partial charge in [-0.15, -0.1) is 0 Å². The number of hydrogen-bond donors (Lipinski definition) is 3. The summed E-state index contributed by atoms with van der Waals surface area (Å²) in [7, 11) is 1.79. The standard InChI is InChI=1S/C21H36N4O/c1-16-6-7-19(11-17(16)2)21-20(14-23-24-21)13-22-12-18-5-4-8-25(15-18)9-10-26-3/h6-7,11,18,20-24H,4-5,8-10,12-15H2,1-3H3. The smallest absolute Gasteiger partial charge is 0.0589 e. The average Bonchev–Trinajstić information content (AvgIpc) is 3.11. The average molecular weight is 361 g/mol. The number of ether oxygens (including phenoxy) is 1. The lowest BCUT2D eigenvalue weighted by molar-refractivity contribution is 0.114. The molecule has 2 heterocycles. The molecule has 3 atom stereocenters. The van der Waals surface area contributed by atoms with Gasteiger partial charge in [0.25, 0.3) is 0 Å². The fourth-order valence-electron chi connectivity index (χ4n) is 4.25. The molecule has 2 aliphatic rings. The van der Waals surface area contributed by atoms with Crippen LogP contribution in [-0.4, -0.2) is 57.9 Å². The lowest BCUT2D eigenvalue weighted by Crippen LogP contribution is -2.42. The largest absolute Gasteiger partial charge is 0.383 e. The van der Waals surface area contributed by atoms with Crippen LogP contribution in [0.25, 0.3) is 0 Å². The first-order valence-corrected chi connectivity index (χ1v) is 10.1. The van der Waals surface area contributed by atoms with Gasteiger partial charge in [0.05, 0.1) is 12.6 Å². The van der Waals surface area contributed by atoms with E-state index in [9.17, 15) is 0 Å². The fourth-order valence-corrected chi connectivity index (χ4v) is 4.25. The Labute approximate surface area is 158 Å². The van der Waals surface area contributed by atoms with E-state index in [1.807, 2.05) is 0 Å². The Hall–Kier alpha value is -0.980. The van der Waals surface area contributed by atoms with Crippen LogP contribution in [0.5, 0.6) is 0 Å². The zero-order valence-electron chi connectivity index (χ0n) is 16.7. The second-order valence-corrected chi connectivity index (χ2v) is 8.07. The van der Waals surface area contributed by atoms with E-state index >= 15 is 0 Å². The molecular weight excluding hydrogens is 324 g/mol. The van der Waals surface area contributed by atoms with Crippen LogP contribution < -0.4 is 16.2 Å². The Bertz CT molecular complexity index is 565. The highest BCUT2D eigenvalue weighted by molar-refractivity contribution is 5.32. The van der Waals surface area contributed by atoms with E-state index in [4.69, 9.17) is 4.74 Å². The van der Waals surface area contributed by atoms with Crippen molar-refractivity contribution in [3.63, 3.8) is 0 Å². The van der Waals surface area contributed by atoms with Crippen molar-refractivity contribution in [3.05, 3.63) is 34.9 Å². The minimum Gasteiger partial charge on any atom is -0.383 e. The number of rotatable bonds is 8. The maximum absolute atomic E-state index is 5.23. The van der Waals surface area contributed by atoms with Crippen LogP contribution in [0.2, 0.25) is 0 Å². The molecule has 26 heavy (non-hydrogen) atoms. The second kappa shape index (κ2) is 9.81. The summed E-state index contributed by atoms with van der Waals surface area (Å²) in [6.07, 6.45) is 2.66. The molecule has 3 rings (SSSR count). The topological polar surface area (TPSA) is 48.6 Å². The summed E-state index contributed by atoms with van der Waals surface area (Å²) in [6, 6.07) is 7.24. The minimum absolute atomic E-state index is 0.395. The first-order chi connectivity index (χ1) is 12.7. The quantitative estimate of drug-likeness (QED) is 0.662. The number of benzene rings is 1. The number of hydrazine groups is 1. The third-order valence-electron chi connectivity index (χ3n) is 6.04. The van der Waals surface area contributed by atoms with Gasteiger partial charge in [0.1, 0.15) is 0 Å². The Kier molecular flexibility index (Phi) is 7.46. The molecule has 3 N–H and O–H groups in total. The van der Waals surface area contributed by atoms with Crippen molar-refractivity contribution in [1.29, 1.82) is 0 Å². The van der Waals surface area contributed by atoms with Gasteiger partial charge in [-0.1, -0.05) is 18.2 Å². The van der Waals surface area contributed by atoms with Crippen molar-refractivity contribution in [2.24, 2.45) is 11.8 Å². The van der Waals surface area contributed by atoms with Crippen LogP contribution in [0.15, 0.2) is 18.2 Å². The summed E-state index contributed by atoms with van der Waals surface area (Å²) in [6.45, 7) is 11.9. The van der Waals surface area contributed by atoms with Gasteiger partial charge in [0, 0.05) is 39.2 Å². The van der Waals surface area contributed by atoms with Gasteiger partial charge in [-0.05, 0) is 62.4 Å². The second-order valence-electron chi connectivity index (χ2n) is 8.07. The molecule has 0 aromatic heterocycles. The molecular formula is C21H36N4O. The van der Waals surface area contributed by atoms with Crippen molar-refractivity contribution >= 4 is 0 Å². The van der Waals surface area contributed by atoms with E-state index < -0.39 is 0 Å². The first-order valence-electron chi connectivity index (χ1n) is 10.1. The highest BCUT2D eigenvalue weighted by atomic mass is 16.5. The number of nitrogens with one attached hydrogen (secondary N) is 3. The molecule has 0 bridgehead atoms. The van der Waals surface area contributed by atoms with E-state index in [1.54, 1.807) is 7.11 Å². The van der Waals surface area contributed by atoms with Gasteiger partial charge in [0.15, 0.2) is 0 Å². The number of hydrogen-bond acceptors (Lipinski definition) is 5. The van der Waals surface area contributed by atoms with Crippen molar-refractivity contribution in [2.75, 3.05) is 53.0 Å². The molecule has 0 radical (unpaired) electrons. The molecule has 2 aliphatic heterocycles. The van der Waals surface area contributed by atoms with Gasteiger partial charge in [-0.3, -0.25) is 5.43 Å². The molecule has 1 aromatic rings. The summed E-state index contributed by atoms with van der Waals surface area (Å²) in [4.78, 5) is 2.55. The van der Waals surface area contributed by atoms with Gasteiger partial charge in [0.2, 0.25) is 0 Å². The van der Waals surface area contributed by atoms with E-state index in [0.29, 0.717) is 12.0 Å². The van der Waals surface area contributed by atoms with Crippen molar-refractivity contribution in [2.45, 2.75) is 32.7 Å². The molecule has 146 valence electrons. The highest BCUT2D eigenvalue weighted by Crippen LogP contribution is 2.26. The van der Waals surface area contributed by atoms with E-state index in [2.05, 4.69) is 53.1 Å². The third kappa shape index (κ3) is 5.27. The van der Waals surface area contributed by atoms with Crippen LogP contribution >= 0.6 is 0 Å². The van der Waals surface area contributed by atoms with Crippen LogP contribution in [0.1, 0.15) is 35.6 Å². The Morgan fingerprint density at radius 3 is 2.92 bits per heavy atom. The van der Waals surface area contributed by atoms with Gasteiger partial charge >= 0.3 is 0 Å². The molecule has 0 spiro atoms. The predicted molar refractivity (Wildman–Crippen MR) is 107 cm³/mol. The number of piperidine rings is 1. The SMILES string of the molecule is COCCN1CCCC(CNCC2CNNC2c2ccc(C)c(C)c2)C1. The molecule has 3 unspecified atom stereocenters. The lowest BCUT2D eigenvalue weighted by Gasteiger charge is -2.33. The van der Waals surface area contributed by atoms with E-state index in [-0.39, 0.29) is 0 Å². The van der Waals surface area contributed by atoms with Gasteiger partial charge in [-0.2, -0.15) is 0 Å². The molecule has 5 heteroatoms. The number of methoxy groups -OCH3 is 1. The summed E-state index contributed by atoms with van der Waals surface area (Å²) in [5.41, 5.74) is 11.0. The molecule has 0 amide bonds. The lowest BCUT2D eigenvalue weighted by atomic mass is 9.92. The molecule has 0 aliphatic carbocycles. The zero-order valence-corrected chi connectivity index (χ0v) is 16.7. The van der Waals surface area contributed by atoms with Crippen LogP contribution in [0, 0.1) is 25.7 Å². The Morgan fingerprint density at radius 1 is 1.23 bits per heavy atom. The maximum atomic E-state index is 5.23. The monoisotopic (exact) mass is 360 g/mol. The van der Waals surface area contributed by atoms with E-state index in [1.165, 1.54) is 42.6 Å². The van der Waals surface area contributed by atoms with Crippen molar-refractivity contribution in [3.8, 4) is 0 Å². The van der Waals surface area contributed by atoms with Gasteiger partial charge in [-0.25, -0.2) is 5.43 Å². The fraction of sp³-hybridized carbons (Fsp3) is 0.714. The van der Waals surface area contributed by atoms with Gasteiger partial charge < -0.3 is 15.0 Å². The van der Waals surface area contributed by atoms with Crippen molar-refractivity contribution < 1.29 is 4.74 Å². The molecule has 5 nitrogen and oxygen atoms in total. The number of likely N-dealkylation sites (tertiary alicyclic amines) is 1. The maximum Gasteiger partial charge on any atom is 0.0589 e. The minimum atomic E-state index is 0.395. The Morgan fingerprint density at radius 2 is 2.12 bits per heavy atom. The third-order valence-corrected chi connectivity index (χ3v) is 6.04. The number of nitrogens with zero attached hydrogens (tertiary/aromatic N) is 1. The molecule has 2 fully saturated rings. The molecule has 1 aromatic carbocycles. The van der Waals surface area contributed by atoms with Crippen LogP contribution in [-0.2, 0) is 4.74 Å². The first kappa shape index (κ1) is 19.8. The molecule has 2 saturated heterocycles. The normalized spacial score (nSPS) is 27.1. The van der Waals surface area contributed by atoms with Crippen molar-refractivity contribution in [1.82, 2.24) is 21.1 Å². The van der Waals surface area contributed by atoms with E-state index in [0.717, 1.165) is 38.7 Å². The predicted octanol–water partition coefficient (Wildman–Crippen LogP) is 2.02. The molecule has 0 saturated carbocycles. The van der Waals surface area contributed by atoms with Crippen LogP contribution in [0.4, 0.5) is 0 Å². The highest BCUT2D eigenvalue weighted by Gasteiger charge is 2.28. The Balaban J connectivity index is 1.45. The zero-order chi connectivity index (χ0) is 18.4. The summed E-state index contributed by atoms with van der Waals surface area (Å²) >= 11 is 0.